The van der Waals surface area contributed by atoms with Crippen LogP contribution in [0, 0.1) is 11.7 Å². The van der Waals surface area contributed by atoms with Gasteiger partial charge in [-0.05, 0) is 31.7 Å². The lowest BCUT2D eigenvalue weighted by Gasteiger charge is -2.28. The molecule has 1 N–H and O–H groups in total. The van der Waals surface area contributed by atoms with Gasteiger partial charge in [0.2, 0.25) is 0 Å². The van der Waals surface area contributed by atoms with Crippen LogP contribution >= 0.6 is 0 Å². The van der Waals surface area contributed by atoms with E-state index in [9.17, 15) is 9.18 Å². The van der Waals surface area contributed by atoms with Gasteiger partial charge in [-0.25, -0.2) is 4.39 Å². The summed E-state index contributed by atoms with van der Waals surface area (Å²) in [6.45, 7) is 0. The Kier molecular flexibility index (Phi) is 2.67. The molecular weight excluding hydrogens is 219 g/mol. The van der Waals surface area contributed by atoms with Crippen molar-refractivity contribution in [1.82, 2.24) is 10.3 Å². The SMILES string of the molecule is O=C(c1cncc(F)c1)C1CC2CCC(C1)N2. The van der Waals surface area contributed by atoms with E-state index < -0.39 is 5.82 Å². The molecule has 2 fully saturated rings. The molecule has 4 heteroatoms. The van der Waals surface area contributed by atoms with Crippen molar-refractivity contribution in [2.75, 3.05) is 0 Å². The summed E-state index contributed by atoms with van der Waals surface area (Å²) in [4.78, 5) is 16.0. The van der Waals surface area contributed by atoms with Crippen LogP contribution in [0.5, 0.6) is 0 Å². The number of carbonyl (C=O) groups excluding carboxylic acids is 1. The Bertz CT molecular complexity index is 437. The molecule has 0 saturated carbocycles. The van der Waals surface area contributed by atoms with Crippen molar-refractivity contribution in [1.29, 1.82) is 0 Å². The third kappa shape index (κ3) is 2.09. The van der Waals surface area contributed by atoms with Gasteiger partial charge >= 0.3 is 0 Å². The predicted molar refractivity (Wildman–Crippen MR) is 61.2 cm³/mol. The minimum atomic E-state index is -0.437. The van der Waals surface area contributed by atoms with Crippen molar-refractivity contribution in [3.8, 4) is 0 Å². The molecule has 3 heterocycles. The van der Waals surface area contributed by atoms with Crippen molar-refractivity contribution in [3.05, 3.63) is 29.8 Å². The molecule has 2 bridgehead atoms. The average molecular weight is 234 g/mol. The fraction of sp³-hybridized carbons (Fsp3) is 0.538. The third-order valence-corrected chi connectivity index (χ3v) is 3.83. The molecule has 0 aromatic carbocycles. The molecule has 0 amide bonds. The largest absolute Gasteiger partial charge is 0.311 e. The molecule has 2 aliphatic rings. The van der Waals surface area contributed by atoms with E-state index in [-0.39, 0.29) is 11.7 Å². The number of aromatic nitrogens is 1. The van der Waals surface area contributed by atoms with Gasteiger partial charge in [0.15, 0.2) is 5.78 Å². The summed E-state index contributed by atoms with van der Waals surface area (Å²) in [7, 11) is 0. The third-order valence-electron chi connectivity index (χ3n) is 3.83. The second-order valence-corrected chi connectivity index (χ2v) is 5.06. The van der Waals surface area contributed by atoms with E-state index in [2.05, 4.69) is 10.3 Å². The van der Waals surface area contributed by atoms with E-state index in [1.807, 2.05) is 0 Å². The molecule has 1 aromatic heterocycles. The zero-order valence-electron chi connectivity index (χ0n) is 9.53. The van der Waals surface area contributed by atoms with Crippen LogP contribution in [0.2, 0.25) is 0 Å². The van der Waals surface area contributed by atoms with E-state index >= 15 is 0 Å². The number of piperidine rings is 1. The maximum absolute atomic E-state index is 13.0. The number of fused-ring (bicyclic) bond motifs is 2. The number of nitrogens with one attached hydrogen (secondary N) is 1. The highest BCUT2D eigenvalue weighted by atomic mass is 19.1. The molecule has 3 nitrogen and oxygen atoms in total. The first-order valence-corrected chi connectivity index (χ1v) is 6.13. The van der Waals surface area contributed by atoms with E-state index in [0.717, 1.165) is 31.9 Å². The van der Waals surface area contributed by atoms with Crippen molar-refractivity contribution in [3.63, 3.8) is 0 Å². The van der Waals surface area contributed by atoms with Crippen molar-refractivity contribution in [2.24, 2.45) is 5.92 Å². The van der Waals surface area contributed by atoms with Gasteiger partial charge in [-0.2, -0.15) is 0 Å². The summed E-state index contributed by atoms with van der Waals surface area (Å²) in [5.74, 6) is -0.347. The zero-order chi connectivity index (χ0) is 11.8. The van der Waals surface area contributed by atoms with Crippen LogP contribution in [-0.4, -0.2) is 22.9 Å². The first-order chi connectivity index (χ1) is 8.22. The fourth-order valence-corrected chi connectivity index (χ4v) is 3.05. The molecular formula is C13H15FN2O. The van der Waals surface area contributed by atoms with Crippen LogP contribution in [0.3, 0.4) is 0 Å². The van der Waals surface area contributed by atoms with E-state index in [1.54, 1.807) is 0 Å². The number of rotatable bonds is 2. The van der Waals surface area contributed by atoms with Crippen molar-refractivity contribution >= 4 is 5.78 Å². The van der Waals surface area contributed by atoms with Crippen LogP contribution in [0.1, 0.15) is 36.0 Å². The Morgan fingerprint density at radius 2 is 2.00 bits per heavy atom. The lowest BCUT2D eigenvalue weighted by molar-refractivity contribution is 0.0875. The molecule has 2 unspecified atom stereocenters. The summed E-state index contributed by atoms with van der Waals surface area (Å²) in [5.41, 5.74) is 0.413. The fourth-order valence-electron chi connectivity index (χ4n) is 3.05. The van der Waals surface area contributed by atoms with Gasteiger partial charge in [0.1, 0.15) is 5.82 Å². The monoisotopic (exact) mass is 234 g/mol. The summed E-state index contributed by atoms with van der Waals surface area (Å²) in [6.07, 6.45) is 6.68. The molecule has 2 saturated heterocycles. The maximum Gasteiger partial charge on any atom is 0.167 e. The number of pyridine rings is 1. The van der Waals surface area contributed by atoms with Gasteiger partial charge in [-0.3, -0.25) is 9.78 Å². The van der Waals surface area contributed by atoms with Gasteiger partial charge in [-0.1, -0.05) is 0 Å². The van der Waals surface area contributed by atoms with Crippen LogP contribution in [0.4, 0.5) is 4.39 Å². The Morgan fingerprint density at radius 3 is 2.65 bits per heavy atom. The second-order valence-electron chi connectivity index (χ2n) is 5.06. The molecule has 1 aromatic rings. The number of ketones is 1. The maximum atomic E-state index is 13.0. The number of carbonyl (C=O) groups is 1. The standard InChI is InChI=1S/C13H15FN2O/c14-10-3-9(6-15-7-10)13(17)8-4-11-1-2-12(5-8)16-11/h3,6-8,11-12,16H,1-2,4-5H2. The highest BCUT2D eigenvalue weighted by Gasteiger charge is 2.36. The first kappa shape index (κ1) is 10.8. The smallest absolute Gasteiger partial charge is 0.167 e. The summed E-state index contributed by atoms with van der Waals surface area (Å²) < 4.78 is 13.0. The average Bonchev–Trinajstić information content (AvgIpc) is 2.67. The molecule has 0 radical (unpaired) electrons. The Labute approximate surface area is 99.4 Å². The van der Waals surface area contributed by atoms with Gasteiger partial charge in [0.05, 0.1) is 6.20 Å². The molecule has 90 valence electrons. The van der Waals surface area contributed by atoms with Gasteiger partial charge < -0.3 is 5.32 Å². The minimum Gasteiger partial charge on any atom is -0.311 e. The highest BCUT2D eigenvalue weighted by molar-refractivity contribution is 5.97. The van der Waals surface area contributed by atoms with E-state index in [0.29, 0.717) is 17.6 Å². The van der Waals surface area contributed by atoms with E-state index in [1.165, 1.54) is 12.3 Å². The summed E-state index contributed by atoms with van der Waals surface area (Å²) in [5, 5.41) is 3.50. The van der Waals surface area contributed by atoms with E-state index in [4.69, 9.17) is 0 Å². The Balaban J connectivity index is 1.78. The van der Waals surface area contributed by atoms with Crippen LogP contribution in [0.15, 0.2) is 18.5 Å². The lowest BCUT2D eigenvalue weighted by Crippen LogP contribution is -2.40. The lowest BCUT2D eigenvalue weighted by atomic mass is 9.86. The molecule has 0 aliphatic carbocycles. The van der Waals surface area contributed by atoms with Gasteiger partial charge in [0.25, 0.3) is 0 Å². The molecule has 3 rings (SSSR count). The number of nitrogens with zero attached hydrogens (tertiary/aromatic N) is 1. The molecule has 0 spiro atoms. The number of hydrogen-bond donors (Lipinski definition) is 1. The normalized spacial score (nSPS) is 31.5. The van der Waals surface area contributed by atoms with Crippen molar-refractivity contribution in [2.45, 2.75) is 37.8 Å². The Morgan fingerprint density at radius 1 is 1.29 bits per heavy atom. The number of Topliss-reactive ketones (excluding diaryl/α,β-unsaturated/α-hetero) is 1. The minimum absolute atomic E-state index is 0.0392. The first-order valence-electron chi connectivity index (χ1n) is 6.13. The van der Waals surface area contributed by atoms with Crippen LogP contribution in [-0.2, 0) is 0 Å². The predicted octanol–water partition coefficient (Wildman–Crippen LogP) is 1.93. The second kappa shape index (κ2) is 4.18. The van der Waals surface area contributed by atoms with Crippen LogP contribution in [0.25, 0.3) is 0 Å². The van der Waals surface area contributed by atoms with Gasteiger partial charge in [0, 0.05) is 29.8 Å². The topological polar surface area (TPSA) is 42.0 Å². The molecule has 17 heavy (non-hydrogen) atoms. The Hall–Kier alpha value is -1.29. The quantitative estimate of drug-likeness (QED) is 0.795. The number of hydrogen-bond acceptors (Lipinski definition) is 3. The van der Waals surface area contributed by atoms with Gasteiger partial charge in [-0.15, -0.1) is 0 Å². The number of halogens is 1. The van der Waals surface area contributed by atoms with Crippen LogP contribution < -0.4 is 5.32 Å². The highest BCUT2D eigenvalue weighted by Crippen LogP contribution is 2.32. The zero-order valence-corrected chi connectivity index (χ0v) is 9.53. The summed E-state index contributed by atoms with van der Waals surface area (Å²) in [6, 6.07) is 2.24. The molecule has 2 aliphatic heterocycles. The van der Waals surface area contributed by atoms with Crippen molar-refractivity contribution < 1.29 is 9.18 Å². The summed E-state index contributed by atoms with van der Waals surface area (Å²) >= 11 is 0. The molecule has 2 atom stereocenters.